The Hall–Kier alpha value is -1.60. The van der Waals surface area contributed by atoms with E-state index in [0.717, 1.165) is 36.1 Å². The van der Waals surface area contributed by atoms with Crippen LogP contribution in [0.1, 0.15) is 56.7 Å². The van der Waals surface area contributed by atoms with Crippen LogP contribution in [0.15, 0.2) is 17.1 Å². The summed E-state index contributed by atoms with van der Waals surface area (Å²) in [6.45, 7) is 8.56. The van der Waals surface area contributed by atoms with Gasteiger partial charge in [-0.1, -0.05) is 20.8 Å². The van der Waals surface area contributed by atoms with Crippen molar-refractivity contribution >= 4 is 6.08 Å². The number of hydrogen-bond acceptors (Lipinski definition) is 3. The van der Waals surface area contributed by atoms with Gasteiger partial charge in [-0.15, -0.1) is 0 Å². The molecule has 1 aliphatic rings. The second kappa shape index (κ2) is 5.06. The molecular weight excluding hydrogens is 250 g/mol. The third-order valence-electron chi connectivity index (χ3n) is 4.26. The number of hydrogen-bond donors (Lipinski definition) is 0. The van der Waals surface area contributed by atoms with E-state index in [4.69, 9.17) is 4.74 Å². The van der Waals surface area contributed by atoms with Crippen molar-refractivity contribution in [3.8, 4) is 5.75 Å². The summed E-state index contributed by atoms with van der Waals surface area (Å²) >= 11 is 0. The van der Waals surface area contributed by atoms with E-state index in [2.05, 4.69) is 44.8 Å². The average molecular weight is 273 g/mol. The first-order valence-corrected chi connectivity index (χ1v) is 7.13. The second-order valence-electron chi connectivity index (χ2n) is 6.71. The topological polar surface area (TPSA) is 38.7 Å². The summed E-state index contributed by atoms with van der Waals surface area (Å²) in [6.07, 6.45) is 4.73. The summed E-state index contributed by atoms with van der Waals surface area (Å²) in [5.74, 6) is 0.936. The fraction of sp³-hybridized carbons (Fsp3) is 0.588. The lowest BCUT2D eigenvalue weighted by Crippen LogP contribution is -2.32. The Labute approximate surface area is 121 Å². The molecule has 3 heteroatoms. The van der Waals surface area contributed by atoms with Crippen molar-refractivity contribution in [2.24, 2.45) is 4.99 Å². The molecule has 0 radical (unpaired) electrons. The summed E-state index contributed by atoms with van der Waals surface area (Å²) in [5.41, 5.74) is 3.03. The third-order valence-corrected chi connectivity index (χ3v) is 4.26. The van der Waals surface area contributed by atoms with Gasteiger partial charge < -0.3 is 4.74 Å². The van der Waals surface area contributed by atoms with E-state index in [0.29, 0.717) is 0 Å². The molecule has 1 saturated carbocycles. The summed E-state index contributed by atoms with van der Waals surface area (Å²) < 4.78 is 5.57. The van der Waals surface area contributed by atoms with Crippen LogP contribution < -0.4 is 4.74 Å². The molecule has 1 aliphatic carbocycles. The smallest absolute Gasteiger partial charge is 0.235 e. The molecule has 0 atom stereocenters. The van der Waals surface area contributed by atoms with E-state index in [-0.39, 0.29) is 11.0 Å². The van der Waals surface area contributed by atoms with Crippen molar-refractivity contribution in [3.05, 3.63) is 28.8 Å². The van der Waals surface area contributed by atoms with Gasteiger partial charge in [-0.25, -0.2) is 4.79 Å². The first kappa shape index (κ1) is 14.8. The first-order valence-electron chi connectivity index (χ1n) is 7.13. The number of ether oxygens (including phenoxy) is 1. The van der Waals surface area contributed by atoms with Gasteiger partial charge in [0.2, 0.25) is 6.08 Å². The maximum atomic E-state index is 10.8. The van der Waals surface area contributed by atoms with Crippen molar-refractivity contribution in [1.29, 1.82) is 0 Å². The van der Waals surface area contributed by atoms with Crippen molar-refractivity contribution < 1.29 is 9.53 Å². The molecule has 0 saturated heterocycles. The molecule has 0 N–H and O–H groups in total. The number of benzene rings is 1. The van der Waals surface area contributed by atoms with Crippen molar-refractivity contribution in [1.82, 2.24) is 0 Å². The minimum Gasteiger partial charge on any atom is -0.496 e. The molecule has 0 spiro atoms. The quantitative estimate of drug-likeness (QED) is 0.616. The van der Waals surface area contributed by atoms with Gasteiger partial charge in [-0.05, 0) is 54.9 Å². The lowest BCUT2D eigenvalue weighted by molar-refractivity contribution is 0.255. The number of isocyanates is 1. The van der Waals surface area contributed by atoms with Crippen LogP contribution in [0.5, 0.6) is 5.75 Å². The molecule has 1 aromatic carbocycles. The Bertz CT molecular complexity index is 559. The first-order chi connectivity index (χ1) is 9.34. The maximum absolute atomic E-state index is 10.8. The molecule has 108 valence electrons. The van der Waals surface area contributed by atoms with E-state index in [1.165, 1.54) is 5.56 Å². The van der Waals surface area contributed by atoms with Crippen LogP contribution in [0, 0.1) is 6.92 Å². The molecule has 0 bridgehead atoms. The fourth-order valence-electron chi connectivity index (χ4n) is 2.93. The summed E-state index contributed by atoms with van der Waals surface area (Å²) in [7, 11) is 1.71. The lowest BCUT2D eigenvalue weighted by atomic mass is 9.70. The van der Waals surface area contributed by atoms with Gasteiger partial charge in [0.1, 0.15) is 5.75 Å². The predicted molar refractivity (Wildman–Crippen MR) is 80.1 cm³/mol. The highest BCUT2D eigenvalue weighted by atomic mass is 16.5. The minimum atomic E-state index is -0.348. The van der Waals surface area contributed by atoms with Gasteiger partial charge in [0.25, 0.3) is 0 Å². The van der Waals surface area contributed by atoms with Crippen LogP contribution in [0.4, 0.5) is 0 Å². The summed E-state index contributed by atoms with van der Waals surface area (Å²) in [5, 5.41) is 0. The predicted octanol–water partition coefficient (Wildman–Crippen LogP) is 4.02. The van der Waals surface area contributed by atoms with E-state index < -0.39 is 0 Å². The largest absolute Gasteiger partial charge is 0.496 e. The van der Waals surface area contributed by atoms with Crippen LogP contribution >= 0.6 is 0 Å². The zero-order chi connectivity index (χ0) is 15.0. The molecule has 1 aromatic rings. The number of rotatable bonds is 3. The SMILES string of the molecule is COc1c(C)cc(C2(N=C=O)CCC2)cc1C(C)(C)C. The Morgan fingerprint density at radius 3 is 2.35 bits per heavy atom. The molecule has 0 heterocycles. The fourth-order valence-corrected chi connectivity index (χ4v) is 2.93. The summed E-state index contributed by atoms with van der Waals surface area (Å²) in [6, 6.07) is 4.26. The van der Waals surface area contributed by atoms with Crippen molar-refractivity contribution in [3.63, 3.8) is 0 Å². The van der Waals surface area contributed by atoms with Gasteiger partial charge in [0.15, 0.2) is 0 Å². The van der Waals surface area contributed by atoms with Gasteiger partial charge in [0.05, 0.1) is 12.6 Å². The number of nitrogens with zero attached hydrogens (tertiary/aromatic N) is 1. The lowest BCUT2D eigenvalue weighted by Gasteiger charge is -2.38. The molecule has 0 amide bonds. The highest BCUT2D eigenvalue weighted by Gasteiger charge is 2.40. The van der Waals surface area contributed by atoms with Gasteiger partial charge in [-0.3, -0.25) is 0 Å². The maximum Gasteiger partial charge on any atom is 0.235 e. The van der Waals surface area contributed by atoms with Crippen LogP contribution in [0.25, 0.3) is 0 Å². The highest BCUT2D eigenvalue weighted by Crippen LogP contribution is 2.47. The normalized spacial score (nSPS) is 17.1. The number of carbonyl (C=O) groups excluding carboxylic acids is 1. The van der Waals surface area contributed by atoms with E-state index in [1.807, 2.05) is 0 Å². The molecule has 0 aliphatic heterocycles. The number of methoxy groups -OCH3 is 1. The Morgan fingerprint density at radius 1 is 1.30 bits per heavy atom. The minimum absolute atomic E-state index is 0.0120. The molecule has 20 heavy (non-hydrogen) atoms. The number of aliphatic imine (C=N–C) groups is 1. The van der Waals surface area contributed by atoms with Crippen LogP contribution in [-0.2, 0) is 15.7 Å². The monoisotopic (exact) mass is 273 g/mol. The molecule has 3 nitrogen and oxygen atoms in total. The Balaban J connectivity index is 2.62. The van der Waals surface area contributed by atoms with Crippen LogP contribution in [0.2, 0.25) is 0 Å². The van der Waals surface area contributed by atoms with E-state index >= 15 is 0 Å². The van der Waals surface area contributed by atoms with E-state index in [1.54, 1.807) is 13.2 Å². The average Bonchev–Trinajstić information content (AvgIpc) is 2.31. The zero-order valence-electron chi connectivity index (χ0n) is 13.0. The highest BCUT2D eigenvalue weighted by molar-refractivity contribution is 5.50. The molecule has 1 fully saturated rings. The molecule has 2 rings (SSSR count). The van der Waals surface area contributed by atoms with Crippen molar-refractivity contribution in [2.45, 2.75) is 57.9 Å². The van der Waals surface area contributed by atoms with E-state index in [9.17, 15) is 4.79 Å². The standard InChI is InChI=1S/C17H23NO2/c1-12-9-13(17(18-11-19)7-6-8-17)10-14(15(12)20-5)16(2,3)4/h9-10H,6-8H2,1-5H3. The third kappa shape index (κ3) is 2.38. The van der Waals surface area contributed by atoms with Crippen LogP contribution in [-0.4, -0.2) is 13.2 Å². The van der Waals surface area contributed by atoms with Crippen LogP contribution in [0.3, 0.4) is 0 Å². The molecule has 0 aromatic heterocycles. The van der Waals surface area contributed by atoms with Gasteiger partial charge in [-0.2, -0.15) is 4.99 Å². The Kier molecular flexibility index (Phi) is 3.75. The van der Waals surface area contributed by atoms with Gasteiger partial charge in [0, 0.05) is 5.56 Å². The number of aryl methyl sites for hydroxylation is 1. The summed E-state index contributed by atoms with van der Waals surface area (Å²) in [4.78, 5) is 14.9. The molecule has 0 unspecified atom stereocenters. The second-order valence-corrected chi connectivity index (χ2v) is 6.71. The van der Waals surface area contributed by atoms with Crippen molar-refractivity contribution in [2.75, 3.05) is 7.11 Å². The zero-order valence-corrected chi connectivity index (χ0v) is 13.0. The molecular formula is C17H23NO2. The Morgan fingerprint density at radius 2 is 1.95 bits per heavy atom. The van der Waals surface area contributed by atoms with Gasteiger partial charge >= 0.3 is 0 Å².